The Balaban J connectivity index is 2.51. The van der Waals surface area contributed by atoms with E-state index in [2.05, 4.69) is 10.3 Å². The predicted octanol–water partition coefficient (Wildman–Crippen LogP) is 3.02. The summed E-state index contributed by atoms with van der Waals surface area (Å²) < 4.78 is 5.43. The fourth-order valence-electron chi connectivity index (χ4n) is 2.19. The van der Waals surface area contributed by atoms with Gasteiger partial charge in [0.15, 0.2) is 0 Å². The topological polar surface area (TPSA) is 60.2 Å². The summed E-state index contributed by atoms with van der Waals surface area (Å²) in [6, 6.07) is 9.34. The molecule has 3 N–H and O–H groups in total. The van der Waals surface area contributed by atoms with Gasteiger partial charge in [-0.25, -0.2) is 4.98 Å². The standard InChI is InChI=1S/C15H18ClN3O/c1-3-18-14(12-5-4-8-19-15(12)17)11-7-6-10(16)9-13(11)20-2/h4-9,14,18H,3H2,1-2H3,(H2,17,19). The van der Waals surface area contributed by atoms with Crippen molar-refractivity contribution < 1.29 is 4.74 Å². The van der Waals surface area contributed by atoms with Crippen LogP contribution in [-0.2, 0) is 0 Å². The lowest BCUT2D eigenvalue weighted by atomic mass is 9.98. The van der Waals surface area contributed by atoms with E-state index in [1.165, 1.54) is 0 Å². The normalized spacial score (nSPS) is 12.2. The molecule has 0 aliphatic heterocycles. The van der Waals surface area contributed by atoms with Crippen molar-refractivity contribution >= 4 is 17.4 Å². The van der Waals surface area contributed by atoms with E-state index in [9.17, 15) is 0 Å². The van der Waals surface area contributed by atoms with Crippen molar-refractivity contribution in [3.8, 4) is 5.75 Å². The van der Waals surface area contributed by atoms with Crippen LogP contribution < -0.4 is 15.8 Å². The molecule has 5 heteroatoms. The third-order valence-corrected chi connectivity index (χ3v) is 3.33. The molecule has 0 fully saturated rings. The summed E-state index contributed by atoms with van der Waals surface area (Å²) in [6.07, 6.45) is 1.68. The third kappa shape index (κ3) is 3.03. The van der Waals surface area contributed by atoms with Gasteiger partial charge in [0.1, 0.15) is 11.6 Å². The van der Waals surface area contributed by atoms with Crippen LogP contribution in [0.5, 0.6) is 5.75 Å². The minimum atomic E-state index is -0.0825. The summed E-state index contributed by atoms with van der Waals surface area (Å²) >= 11 is 6.02. The first-order valence-electron chi connectivity index (χ1n) is 6.44. The summed E-state index contributed by atoms with van der Waals surface area (Å²) in [5.41, 5.74) is 7.90. The Bertz CT molecular complexity index is 589. The Hall–Kier alpha value is -1.78. The minimum absolute atomic E-state index is 0.0825. The number of nitrogen functional groups attached to an aromatic ring is 1. The Morgan fingerprint density at radius 1 is 1.35 bits per heavy atom. The fourth-order valence-corrected chi connectivity index (χ4v) is 2.35. The number of aromatic nitrogens is 1. The van der Waals surface area contributed by atoms with Crippen LogP contribution in [0.2, 0.25) is 5.02 Å². The van der Waals surface area contributed by atoms with Crippen molar-refractivity contribution in [2.75, 3.05) is 19.4 Å². The predicted molar refractivity (Wildman–Crippen MR) is 82.2 cm³/mol. The number of ether oxygens (including phenoxy) is 1. The Morgan fingerprint density at radius 2 is 2.15 bits per heavy atom. The van der Waals surface area contributed by atoms with E-state index in [1.54, 1.807) is 19.4 Å². The SMILES string of the molecule is CCNC(c1ccc(Cl)cc1OC)c1cccnc1N. The average molecular weight is 292 g/mol. The largest absolute Gasteiger partial charge is 0.496 e. The van der Waals surface area contributed by atoms with Crippen molar-refractivity contribution in [3.63, 3.8) is 0 Å². The number of nitrogens with zero attached hydrogens (tertiary/aromatic N) is 1. The highest BCUT2D eigenvalue weighted by Gasteiger charge is 2.20. The van der Waals surface area contributed by atoms with Crippen LogP contribution in [-0.4, -0.2) is 18.6 Å². The van der Waals surface area contributed by atoms with E-state index < -0.39 is 0 Å². The van der Waals surface area contributed by atoms with Crippen molar-refractivity contribution in [1.29, 1.82) is 0 Å². The van der Waals surface area contributed by atoms with Crippen LogP contribution in [0.4, 0.5) is 5.82 Å². The molecule has 1 aromatic heterocycles. The molecule has 0 spiro atoms. The van der Waals surface area contributed by atoms with Gasteiger partial charge in [0, 0.05) is 22.3 Å². The molecule has 2 aromatic rings. The molecule has 0 amide bonds. The van der Waals surface area contributed by atoms with E-state index in [0.29, 0.717) is 10.8 Å². The number of hydrogen-bond acceptors (Lipinski definition) is 4. The van der Waals surface area contributed by atoms with Crippen molar-refractivity contribution in [1.82, 2.24) is 10.3 Å². The molecule has 0 saturated carbocycles. The van der Waals surface area contributed by atoms with Crippen LogP contribution in [0, 0.1) is 0 Å². The molecule has 0 bridgehead atoms. The Morgan fingerprint density at radius 3 is 2.80 bits per heavy atom. The van der Waals surface area contributed by atoms with E-state index in [1.807, 2.05) is 31.2 Å². The van der Waals surface area contributed by atoms with Gasteiger partial charge >= 0.3 is 0 Å². The van der Waals surface area contributed by atoms with Gasteiger partial charge < -0.3 is 15.8 Å². The lowest BCUT2D eigenvalue weighted by Crippen LogP contribution is -2.23. The number of nitrogens with one attached hydrogen (secondary N) is 1. The number of halogens is 1. The maximum atomic E-state index is 6.02. The second-order valence-electron chi connectivity index (χ2n) is 4.35. The molecule has 1 heterocycles. The highest BCUT2D eigenvalue weighted by Crippen LogP contribution is 2.33. The van der Waals surface area contributed by atoms with Crippen molar-refractivity contribution in [3.05, 3.63) is 52.7 Å². The molecule has 106 valence electrons. The quantitative estimate of drug-likeness (QED) is 0.889. The van der Waals surface area contributed by atoms with Gasteiger partial charge in [-0.15, -0.1) is 0 Å². The second kappa shape index (κ2) is 6.59. The Kier molecular flexibility index (Phi) is 4.82. The van der Waals surface area contributed by atoms with E-state index in [-0.39, 0.29) is 6.04 Å². The van der Waals surface area contributed by atoms with E-state index in [0.717, 1.165) is 23.4 Å². The lowest BCUT2D eigenvalue weighted by Gasteiger charge is -2.22. The molecule has 0 radical (unpaired) electrons. The van der Waals surface area contributed by atoms with E-state index in [4.69, 9.17) is 22.1 Å². The number of benzene rings is 1. The van der Waals surface area contributed by atoms with Crippen LogP contribution in [0.3, 0.4) is 0 Å². The number of nitrogens with two attached hydrogens (primary N) is 1. The third-order valence-electron chi connectivity index (χ3n) is 3.10. The molecular weight excluding hydrogens is 274 g/mol. The molecule has 1 atom stereocenters. The number of rotatable bonds is 5. The van der Waals surface area contributed by atoms with Crippen LogP contribution >= 0.6 is 11.6 Å². The number of pyridine rings is 1. The number of methoxy groups -OCH3 is 1. The molecule has 1 unspecified atom stereocenters. The van der Waals surface area contributed by atoms with Crippen LogP contribution in [0.15, 0.2) is 36.5 Å². The van der Waals surface area contributed by atoms with E-state index >= 15 is 0 Å². The Labute approximate surface area is 123 Å². The second-order valence-corrected chi connectivity index (χ2v) is 4.79. The molecule has 2 rings (SSSR count). The van der Waals surface area contributed by atoms with Crippen LogP contribution in [0.25, 0.3) is 0 Å². The smallest absolute Gasteiger partial charge is 0.128 e. The maximum Gasteiger partial charge on any atom is 0.128 e. The summed E-state index contributed by atoms with van der Waals surface area (Å²) in [6.45, 7) is 2.84. The fraction of sp³-hybridized carbons (Fsp3) is 0.267. The highest BCUT2D eigenvalue weighted by molar-refractivity contribution is 6.30. The highest BCUT2D eigenvalue weighted by atomic mass is 35.5. The van der Waals surface area contributed by atoms with Crippen molar-refractivity contribution in [2.45, 2.75) is 13.0 Å². The summed E-state index contributed by atoms with van der Waals surface area (Å²) in [7, 11) is 1.63. The minimum Gasteiger partial charge on any atom is -0.496 e. The zero-order valence-electron chi connectivity index (χ0n) is 11.6. The molecular formula is C15H18ClN3O. The molecule has 0 aliphatic rings. The summed E-state index contributed by atoms with van der Waals surface area (Å²) in [5.74, 6) is 1.24. The summed E-state index contributed by atoms with van der Waals surface area (Å²) in [5, 5.41) is 4.05. The zero-order valence-corrected chi connectivity index (χ0v) is 12.3. The van der Waals surface area contributed by atoms with Gasteiger partial charge in [0.2, 0.25) is 0 Å². The monoisotopic (exact) mass is 291 g/mol. The summed E-state index contributed by atoms with van der Waals surface area (Å²) in [4.78, 5) is 4.15. The molecule has 4 nitrogen and oxygen atoms in total. The van der Waals surface area contributed by atoms with Gasteiger partial charge in [-0.2, -0.15) is 0 Å². The van der Waals surface area contributed by atoms with Crippen LogP contribution in [0.1, 0.15) is 24.1 Å². The number of anilines is 1. The van der Waals surface area contributed by atoms with Gasteiger partial charge in [-0.1, -0.05) is 30.7 Å². The molecule has 0 aliphatic carbocycles. The van der Waals surface area contributed by atoms with Gasteiger partial charge in [-0.3, -0.25) is 0 Å². The zero-order chi connectivity index (χ0) is 14.5. The first kappa shape index (κ1) is 14.6. The van der Waals surface area contributed by atoms with Gasteiger partial charge in [-0.05, 0) is 24.7 Å². The van der Waals surface area contributed by atoms with Gasteiger partial charge in [0.05, 0.1) is 13.2 Å². The van der Waals surface area contributed by atoms with Crippen molar-refractivity contribution in [2.24, 2.45) is 0 Å². The lowest BCUT2D eigenvalue weighted by molar-refractivity contribution is 0.404. The molecule has 0 saturated heterocycles. The first-order chi connectivity index (χ1) is 9.67. The maximum absolute atomic E-state index is 6.02. The molecule has 1 aromatic carbocycles. The van der Waals surface area contributed by atoms with Gasteiger partial charge in [0.25, 0.3) is 0 Å². The molecule has 20 heavy (non-hydrogen) atoms. The number of hydrogen-bond donors (Lipinski definition) is 2. The first-order valence-corrected chi connectivity index (χ1v) is 6.82. The average Bonchev–Trinajstić information content (AvgIpc) is 2.46.